The molecule has 0 amide bonds. The second-order valence-electron chi connectivity index (χ2n) is 7.71. The highest BCUT2D eigenvalue weighted by Crippen LogP contribution is 2.45. The van der Waals surface area contributed by atoms with Crippen molar-refractivity contribution in [1.82, 2.24) is 0 Å². The molecule has 0 spiro atoms. The molecule has 0 aromatic rings. The standard InChI is InChI=1S/C20H42O5Si2/c1-5-21-26(22-6-2,19-15-11-9-12-16-19)25-27(23-7-3,24-8-4)20-17-13-10-14-18-20/h19-20H,5-18H2,1-4H3. The fourth-order valence-corrected chi connectivity index (χ4v) is 13.6. The molecule has 0 radical (unpaired) electrons. The minimum absolute atomic E-state index is 0.377. The molecule has 0 atom stereocenters. The molecule has 2 aliphatic carbocycles. The molecule has 160 valence electrons. The lowest BCUT2D eigenvalue weighted by molar-refractivity contribution is 0.0316. The van der Waals surface area contributed by atoms with Gasteiger partial charge in [0.1, 0.15) is 0 Å². The number of hydrogen-bond donors (Lipinski definition) is 0. The molecule has 0 N–H and O–H groups in total. The molecule has 0 saturated heterocycles. The van der Waals surface area contributed by atoms with Gasteiger partial charge in [0.05, 0.1) is 0 Å². The Kier molecular flexibility index (Phi) is 10.5. The molecule has 0 heterocycles. The first kappa shape index (κ1) is 23.5. The van der Waals surface area contributed by atoms with E-state index in [4.69, 9.17) is 21.8 Å². The average Bonchev–Trinajstić information content (AvgIpc) is 2.70. The Morgan fingerprint density at radius 1 is 0.519 bits per heavy atom. The normalized spacial score (nSPS) is 20.9. The van der Waals surface area contributed by atoms with Crippen molar-refractivity contribution in [3.05, 3.63) is 0 Å². The first-order chi connectivity index (χ1) is 13.2. The van der Waals surface area contributed by atoms with Gasteiger partial charge < -0.3 is 21.8 Å². The van der Waals surface area contributed by atoms with Gasteiger partial charge in [-0.15, -0.1) is 0 Å². The van der Waals surface area contributed by atoms with Gasteiger partial charge in [-0.25, -0.2) is 0 Å². The van der Waals surface area contributed by atoms with E-state index in [1.165, 1.54) is 38.5 Å². The molecule has 5 nitrogen and oxygen atoms in total. The zero-order valence-electron chi connectivity index (χ0n) is 18.1. The summed E-state index contributed by atoms with van der Waals surface area (Å²) in [6, 6.07) is 0. The molecule has 2 saturated carbocycles. The van der Waals surface area contributed by atoms with Crippen LogP contribution < -0.4 is 0 Å². The summed E-state index contributed by atoms with van der Waals surface area (Å²) < 4.78 is 32.7. The van der Waals surface area contributed by atoms with Gasteiger partial charge in [-0.2, -0.15) is 0 Å². The van der Waals surface area contributed by atoms with Crippen LogP contribution in [0.15, 0.2) is 0 Å². The van der Waals surface area contributed by atoms with Crippen LogP contribution in [-0.4, -0.2) is 44.0 Å². The topological polar surface area (TPSA) is 46.2 Å². The fourth-order valence-electron chi connectivity index (χ4n) is 4.75. The number of hydrogen-bond acceptors (Lipinski definition) is 5. The van der Waals surface area contributed by atoms with E-state index in [9.17, 15) is 0 Å². The molecule has 27 heavy (non-hydrogen) atoms. The van der Waals surface area contributed by atoms with Crippen LogP contribution in [0.5, 0.6) is 0 Å². The van der Waals surface area contributed by atoms with Crippen molar-refractivity contribution in [3.8, 4) is 0 Å². The van der Waals surface area contributed by atoms with Crippen molar-refractivity contribution in [1.29, 1.82) is 0 Å². The molecule has 7 heteroatoms. The van der Waals surface area contributed by atoms with E-state index >= 15 is 0 Å². The summed E-state index contributed by atoms with van der Waals surface area (Å²) in [5.74, 6) is 0. The molecular weight excluding hydrogens is 376 g/mol. The lowest BCUT2D eigenvalue weighted by Crippen LogP contribution is -2.63. The van der Waals surface area contributed by atoms with Gasteiger partial charge in [0.25, 0.3) is 0 Å². The van der Waals surface area contributed by atoms with E-state index in [0.29, 0.717) is 37.5 Å². The lowest BCUT2D eigenvalue weighted by Gasteiger charge is -2.45. The zero-order chi connectivity index (χ0) is 19.6. The summed E-state index contributed by atoms with van der Waals surface area (Å²) in [4.78, 5) is 0. The highest BCUT2D eigenvalue weighted by molar-refractivity contribution is 6.76. The highest BCUT2D eigenvalue weighted by atomic mass is 28.5. The number of rotatable bonds is 12. The van der Waals surface area contributed by atoms with Gasteiger partial charge in [0, 0.05) is 37.5 Å². The van der Waals surface area contributed by atoms with Crippen LogP contribution in [0.25, 0.3) is 0 Å². The predicted octanol–water partition coefficient (Wildman–Crippen LogP) is 5.70. The van der Waals surface area contributed by atoms with Gasteiger partial charge in [-0.3, -0.25) is 0 Å². The summed E-state index contributed by atoms with van der Waals surface area (Å²) in [7, 11) is -5.75. The van der Waals surface area contributed by atoms with Gasteiger partial charge in [0.2, 0.25) is 0 Å². The van der Waals surface area contributed by atoms with Crippen molar-refractivity contribution in [2.75, 3.05) is 26.4 Å². The van der Waals surface area contributed by atoms with E-state index in [1.807, 2.05) is 0 Å². The van der Waals surface area contributed by atoms with Crippen LogP contribution in [0.3, 0.4) is 0 Å². The Balaban J connectivity index is 2.36. The zero-order valence-corrected chi connectivity index (χ0v) is 20.1. The predicted molar refractivity (Wildman–Crippen MR) is 113 cm³/mol. The summed E-state index contributed by atoms with van der Waals surface area (Å²) in [6.45, 7) is 10.7. The largest absolute Gasteiger partial charge is 0.496 e. The summed E-state index contributed by atoms with van der Waals surface area (Å²) >= 11 is 0. The third-order valence-electron chi connectivity index (χ3n) is 5.88. The van der Waals surface area contributed by atoms with Crippen molar-refractivity contribution in [2.24, 2.45) is 0 Å². The quantitative estimate of drug-likeness (QED) is 0.381. The summed E-state index contributed by atoms with van der Waals surface area (Å²) in [5.41, 5.74) is 0.755. The van der Waals surface area contributed by atoms with Crippen molar-refractivity contribution in [2.45, 2.75) is 103 Å². The summed E-state index contributed by atoms with van der Waals surface area (Å²) in [6.07, 6.45) is 12.1. The maximum Gasteiger partial charge on any atom is 0.496 e. The van der Waals surface area contributed by atoms with Crippen molar-refractivity contribution < 1.29 is 21.8 Å². The van der Waals surface area contributed by atoms with Crippen LogP contribution in [0.2, 0.25) is 11.1 Å². The molecule has 0 aromatic carbocycles. The van der Waals surface area contributed by atoms with E-state index < -0.39 is 17.6 Å². The third kappa shape index (κ3) is 6.11. The van der Waals surface area contributed by atoms with Gasteiger partial charge >= 0.3 is 17.6 Å². The Labute approximate surface area is 169 Å². The van der Waals surface area contributed by atoms with Crippen LogP contribution in [0.1, 0.15) is 91.9 Å². The van der Waals surface area contributed by atoms with Crippen molar-refractivity contribution in [3.63, 3.8) is 0 Å². The monoisotopic (exact) mass is 418 g/mol. The second kappa shape index (κ2) is 12.0. The first-order valence-electron chi connectivity index (χ1n) is 11.4. The molecule has 0 aromatic heterocycles. The van der Waals surface area contributed by atoms with Crippen LogP contribution in [0.4, 0.5) is 0 Å². The molecule has 2 fully saturated rings. The first-order valence-corrected chi connectivity index (χ1v) is 15.0. The Morgan fingerprint density at radius 3 is 1.07 bits per heavy atom. The molecule has 0 bridgehead atoms. The minimum atomic E-state index is -2.88. The van der Waals surface area contributed by atoms with E-state index in [0.717, 1.165) is 25.7 Å². The Morgan fingerprint density at radius 2 is 0.815 bits per heavy atom. The SMILES string of the molecule is CCO[Si](OCC)(O[Si](OCC)(OCC)C1CCCCC1)C1CCCCC1. The molecule has 2 aliphatic rings. The lowest BCUT2D eigenvalue weighted by atomic mass is 10.0. The van der Waals surface area contributed by atoms with Gasteiger partial charge in [-0.1, -0.05) is 38.5 Å². The fraction of sp³-hybridized carbons (Fsp3) is 1.00. The van der Waals surface area contributed by atoms with Gasteiger partial charge in [0.15, 0.2) is 0 Å². The minimum Gasteiger partial charge on any atom is -0.374 e. The molecular formula is C20H42O5Si2. The maximum atomic E-state index is 7.06. The van der Waals surface area contributed by atoms with Crippen LogP contribution in [-0.2, 0) is 21.8 Å². The van der Waals surface area contributed by atoms with Crippen molar-refractivity contribution >= 4 is 17.6 Å². The van der Waals surface area contributed by atoms with Crippen LogP contribution in [0, 0.1) is 0 Å². The molecule has 0 aliphatic heterocycles. The van der Waals surface area contributed by atoms with Crippen LogP contribution >= 0.6 is 0 Å². The van der Waals surface area contributed by atoms with E-state index in [1.54, 1.807) is 0 Å². The highest BCUT2D eigenvalue weighted by Gasteiger charge is 2.60. The average molecular weight is 419 g/mol. The smallest absolute Gasteiger partial charge is 0.374 e. The maximum absolute atomic E-state index is 7.06. The van der Waals surface area contributed by atoms with E-state index in [-0.39, 0.29) is 0 Å². The second-order valence-corrected chi connectivity index (χ2v) is 13.7. The van der Waals surface area contributed by atoms with E-state index in [2.05, 4.69) is 27.7 Å². The molecule has 0 unspecified atom stereocenters. The third-order valence-corrected chi connectivity index (χ3v) is 14.1. The summed E-state index contributed by atoms with van der Waals surface area (Å²) in [5, 5.41) is 0. The Hall–Kier alpha value is 0.234. The van der Waals surface area contributed by atoms with Gasteiger partial charge in [-0.05, 0) is 53.4 Å². The molecule has 2 rings (SSSR count). The Bertz CT molecular complexity index is 350.